The average Bonchev–Trinajstić information content (AvgIpc) is 2.26. The summed E-state index contributed by atoms with van der Waals surface area (Å²) < 4.78 is 0. The van der Waals surface area contributed by atoms with Crippen LogP contribution < -0.4 is 0 Å². The van der Waals surface area contributed by atoms with E-state index in [1.54, 1.807) is 0 Å². The lowest BCUT2D eigenvalue weighted by atomic mass is 10.2. The van der Waals surface area contributed by atoms with Crippen molar-refractivity contribution in [2.75, 3.05) is 44.6 Å². The maximum absolute atomic E-state index is 3.49. The summed E-state index contributed by atoms with van der Waals surface area (Å²) in [4.78, 5) is 5.24. The molecule has 0 amide bonds. The summed E-state index contributed by atoms with van der Waals surface area (Å²) in [5.74, 6) is 0.811. The molecule has 2 nitrogen and oxygen atoms in total. The fourth-order valence-electron chi connectivity index (χ4n) is 2.32. The highest BCUT2D eigenvalue weighted by molar-refractivity contribution is 9.09. The second kappa shape index (κ2) is 8.48. The number of halogens is 1. The SMILES string of the molecule is CC(C)CN1CCN(CCCCCBr)CC1. The molecule has 16 heavy (non-hydrogen) atoms. The molecule has 1 fully saturated rings. The van der Waals surface area contributed by atoms with Gasteiger partial charge in [0.05, 0.1) is 0 Å². The van der Waals surface area contributed by atoms with Crippen LogP contribution in [0.5, 0.6) is 0 Å². The summed E-state index contributed by atoms with van der Waals surface area (Å²) in [5, 5.41) is 1.16. The van der Waals surface area contributed by atoms with Gasteiger partial charge in [-0.05, 0) is 25.3 Å². The molecule has 0 saturated carbocycles. The lowest BCUT2D eigenvalue weighted by molar-refractivity contribution is 0.121. The molecule has 0 aromatic heterocycles. The molecule has 3 heteroatoms. The van der Waals surface area contributed by atoms with Gasteiger partial charge in [-0.1, -0.05) is 36.2 Å². The first kappa shape index (κ1) is 14.5. The number of nitrogens with zero attached hydrogens (tertiary/aromatic N) is 2. The van der Waals surface area contributed by atoms with Crippen LogP contribution in [0.4, 0.5) is 0 Å². The van der Waals surface area contributed by atoms with Crippen molar-refractivity contribution in [3.05, 3.63) is 0 Å². The Morgan fingerprint density at radius 2 is 1.56 bits per heavy atom. The maximum Gasteiger partial charge on any atom is 0.0110 e. The molecule has 1 rings (SSSR count). The topological polar surface area (TPSA) is 6.48 Å². The first-order chi connectivity index (χ1) is 7.72. The predicted octanol–water partition coefficient (Wildman–Crippen LogP) is 2.83. The van der Waals surface area contributed by atoms with E-state index in [9.17, 15) is 0 Å². The minimum absolute atomic E-state index is 0.811. The first-order valence-electron chi connectivity index (χ1n) is 6.73. The van der Waals surface area contributed by atoms with Crippen LogP contribution in [0.2, 0.25) is 0 Å². The fourth-order valence-corrected chi connectivity index (χ4v) is 2.72. The zero-order chi connectivity index (χ0) is 11.8. The van der Waals surface area contributed by atoms with Gasteiger partial charge in [-0.2, -0.15) is 0 Å². The van der Waals surface area contributed by atoms with Gasteiger partial charge in [0.25, 0.3) is 0 Å². The van der Waals surface area contributed by atoms with Crippen LogP contribution >= 0.6 is 15.9 Å². The van der Waals surface area contributed by atoms with Crippen molar-refractivity contribution in [1.29, 1.82) is 0 Å². The molecule has 0 bridgehead atoms. The van der Waals surface area contributed by atoms with Gasteiger partial charge in [0.15, 0.2) is 0 Å². The first-order valence-corrected chi connectivity index (χ1v) is 7.85. The molecule has 1 heterocycles. The summed E-state index contributed by atoms with van der Waals surface area (Å²) in [7, 11) is 0. The Bertz CT molecular complexity index is 165. The number of rotatable bonds is 7. The summed E-state index contributed by atoms with van der Waals surface area (Å²) in [5.41, 5.74) is 0. The number of piperazine rings is 1. The van der Waals surface area contributed by atoms with E-state index in [1.165, 1.54) is 58.5 Å². The van der Waals surface area contributed by atoms with Crippen LogP contribution in [0, 0.1) is 5.92 Å². The van der Waals surface area contributed by atoms with Crippen LogP contribution in [0.15, 0.2) is 0 Å². The summed E-state index contributed by atoms with van der Waals surface area (Å²) in [6.07, 6.45) is 4.07. The van der Waals surface area contributed by atoms with Crippen molar-refractivity contribution in [3.8, 4) is 0 Å². The third kappa shape index (κ3) is 6.21. The molecule has 0 radical (unpaired) electrons. The van der Waals surface area contributed by atoms with E-state index in [0.29, 0.717) is 0 Å². The molecule has 0 aromatic rings. The minimum atomic E-state index is 0.811. The molecular weight excluding hydrogens is 264 g/mol. The van der Waals surface area contributed by atoms with Gasteiger partial charge >= 0.3 is 0 Å². The van der Waals surface area contributed by atoms with Gasteiger partial charge in [-0.15, -0.1) is 0 Å². The summed E-state index contributed by atoms with van der Waals surface area (Å²) in [6, 6.07) is 0. The van der Waals surface area contributed by atoms with E-state index >= 15 is 0 Å². The van der Waals surface area contributed by atoms with Crippen molar-refractivity contribution in [2.24, 2.45) is 5.92 Å². The van der Waals surface area contributed by atoms with E-state index in [1.807, 2.05) is 0 Å². The van der Waals surface area contributed by atoms with Crippen LogP contribution in [-0.4, -0.2) is 54.4 Å². The molecule has 1 saturated heterocycles. The van der Waals surface area contributed by atoms with E-state index in [4.69, 9.17) is 0 Å². The Labute approximate surface area is 109 Å². The molecule has 0 N–H and O–H groups in total. The number of hydrogen-bond acceptors (Lipinski definition) is 2. The normalized spacial score (nSPS) is 19.5. The molecular formula is C13H27BrN2. The van der Waals surface area contributed by atoms with E-state index in [2.05, 4.69) is 39.6 Å². The van der Waals surface area contributed by atoms with Crippen LogP contribution in [0.1, 0.15) is 33.1 Å². The number of hydrogen-bond donors (Lipinski definition) is 0. The second-order valence-electron chi connectivity index (χ2n) is 5.29. The Hall–Kier alpha value is 0.400. The van der Waals surface area contributed by atoms with Gasteiger partial charge < -0.3 is 9.80 Å². The highest BCUT2D eigenvalue weighted by Crippen LogP contribution is 2.07. The van der Waals surface area contributed by atoms with Gasteiger partial charge in [0.1, 0.15) is 0 Å². The van der Waals surface area contributed by atoms with Crippen LogP contribution in [-0.2, 0) is 0 Å². The zero-order valence-corrected chi connectivity index (χ0v) is 12.5. The third-order valence-electron chi connectivity index (χ3n) is 3.20. The van der Waals surface area contributed by atoms with E-state index in [0.717, 1.165) is 11.2 Å². The van der Waals surface area contributed by atoms with Gasteiger partial charge in [0, 0.05) is 38.1 Å². The van der Waals surface area contributed by atoms with Crippen molar-refractivity contribution >= 4 is 15.9 Å². The molecule has 1 aliphatic heterocycles. The quantitative estimate of drug-likeness (QED) is 0.526. The lowest BCUT2D eigenvalue weighted by Gasteiger charge is -2.35. The Morgan fingerprint density at radius 3 is 2.12 bits per heavy atom. The lowest BCUT2D eigenvalue weighted by Crippen LogP contribution is -2.47. The molecule has 96 valence electrons. The zero-order valence-electron chi connectivity index (χ0n) is 10.9. The average molecular weight is 291 g/mol. The van der Waals surface area contributed by atoms with Gasteiger partial charge in [-0.3, -0.25) is 0 Å². The second-order valence-corrected chi connectivity index (χ2v) is 6.08. The maximum atomic E-state index is 3.49. The minimum Gasteiger partial charge on any atom is -0.301 e. The van der Waals surface area contributed by atoms with Crippen molar-refractivity contribution in [2.45, 2.75) is 33.1 Å². The molecule has 0 unspecified atom stereocenters. The summed E-state index contributed by atoms with van der Waals surface area (Å²) >= 11 is 3.49. The standard InChI is InChI=1S/C13H27BrN2/c1-13(2)12-16-10-8-15(9-11-16)7-5-3-4-6-14/h13H,3-12H2,1-2H3. The number of alkyl halides is 1. The van der Waals surface area contributed by atoms with Crippen LogP contribution in [0.25, 0.3) is 0 Å². The van der Waals surface area contributed by atoms with Crippen molar-refractivity contribution < 1.29 is 0 Å². The Balaban J connectivity index is 2.03. The molecule has 0 spiro atoms. The Morgan fingerprint density at radius 1 is 0.938 bits per heavy atom. The molecule has 0 aromatic carbocycles. The molecule has 0 atom stereocenters. The summed E-state index contributed by atoms with van der Waals surface area (Å²) in [6.45, 7) is 12.3. The monoisotopic (exact) mass is 290 g/mol. The molecule has 0 aliphatic carbocycles. The highest BCUT2D eigenvalue weighted by Gasteiger charge is 2.16. The highest BCUT2D eigenvalue weighted by atomic mass is 79.9. The Kier molecular flexibility index (Phi) is 7.67. The predicted molar refractivity (Wildman–Crippen MR) is 75.4 cm³/mol. The van der Waals surface area contributed by atoms with E-state index in [-0.39, 0.29) is 0 Å². The van der Waals surface area contributed by atoms with Gasteiger partial charge in [-0.25, -0.2) is 0 Å². The van der Waals surface area contributed by atoms with E-state index < -0.39 is 0 Å². The van der Waals surface area contributed by atoms with Gasteiger partial charge in [0.2, 0.25) is 0 Å². The van der Waals surface area contributed by atoms with Crippen molar-refractivity contribution in [1.82, 2.24) is 9.80 Å². The fraction of sp³-hybridized carbons (Fsp3) is 1.00. The molecule has 1 aliphatic rings. The number of unbranched alkanes of at least 4 members (excludes halogenated alkanes) is 2. The smallest absolute Gasteiger partial charge is 0.0110 e. The third-order valence-corrected chi connectivity index (χ3v) is 3.76. The van der Waals surface area contributed by atoms with Crippen LogP contribution in [0.3, 0.4) is 0 Å². The largest absolute Gasteiger partial charge is 0.301 e. The van der Waals surface area contributed by atoms with Crippen molar-refractivity contribution in [3.63, 3.8) is 0 Å².